The molecular formula is C29H29F6N3O2. The third-order valence-corrected chi connectivity index (χ3v) is 6.93. The van der Waals surface area contributed by atoms with Gasteiger partial charge in [0.1, 0.15) is 11.4 Å². The fraction of sp³-hybridized carbons (Fsp3) is 0.379. The van der Waals surface area contributed by atoms with Crippen LogP contribution in [0.1, 0.15) is 68.5 Å². The SMILES string of the molecule is CC(C)c1ccc(N2C(=O)[C@H](NC(C)(C)c3ccc(C(F)(F)F)nc3)C[C@@H]2c2cccc(OC(F)(F)F)c2)cc1. The number of hydrogen-bond acceptors (Lipinski definition) is 4. The average molecular weight is 566 g/mol. The Bertz CT molecular complexity index is 1340. The van der Waals surface area contributed by atoms with Gasteiger partial charge in [0.2, 0.25) is 5.91 Å². The first-order valence-corrected chi connectivity index (χ1v) is 12.7. The maximum absolute atomic E-state index is 13.8. The van der Waals surface area contributed by atoms with E-state index < -0.39 is 41.6 Å². The molecule has 0 spiro atoms. The van der Waals surface area contributed by atoms with Gasteiger partial charge in [-0.05, 0) is 73.2 Å². The number of carbonyl (C=O) groups excluding carboxylic acids is 1. The van der Waals surface area contributed by atoms with Gasteiger partial charge in [-0.25, -0.2) is 0 Å². The number of anilines is 1. The minimum atomic E-state index is -4.87. The van der Waals surface area contributed by atoms with Gasteiger partial charge >= 0.3 is 12.5 Å². The second-order valence-corrected chi connectivity index (χ2v) is 10.6. The molecule has 1 aliphatic heterocycles. The molecule has 2 atom stereocenters. The highest BCUT2D eigenvalue weighted by atomic mass is 19.4. The molecule has 1 N–H and O–H groups in total. The molecule has 0 bridgehead atoms. The number of halogens is 6. The van der Waals surface area contributed by atoms with Crippen LogP contribution in [0.25, 0.3) is 0 Å². The normalized spacial score (nSPS) is 18.5. The number of amides is 1. The number of nitrogens with one attached hydrogen (secondary N) is 1. The minimum absolute atomic E-state index is 0.192. The number of carbonyl (C=O) groups is 1. The number of ether oxygens (including phenoxy) is 1. The molecule has 0 aliphatic carbocycles. The van der Waals surface area contributed by atoms with Gasteiger partial charge in [-0.3, -0.25) is 15.1 Å². The van der Waals surface area contributed by atoms with E-state index in [1.807, 2.05) is 26.0 Å². The van der Waals surface area contributed by atoms with E-state index in [1.54, 1.807) is 32.0 Å². The third-order valence-electron chi connectivity index (χ3n) is 6.93. The summed E-state index contributed by atoms with van der Waals surface area (Å²) in [5.74, 6) is -0.472. The maximum atomic E-state index is 13.8. The molecule has 0 unspecified atom stereocenters. The van der Waals surface area contributed by atoms with Gasteiger partial charge in [-0.1, -0.05) is 44.2 Å². The molecule has 1 amide bonds. The predicted molar refractivity (Wildman–Crippen MR) is 138 cm³/mol. The van der Waals surface area contributed by atoms with Crippen LogP contribution in [-0.4, -0.2) is 23.3 Å². The van der Waals surface area contributed by atoms with Crippen LogP contribution in [0, 0.1) is 0 Å². The monoisotopic (exact) mass is 565 g/mol. The molecule has 0 radical (unpaired) electrons. The summed E-state index contributed by atoms with van der Waals surface area (Å²) in [6.45, 7) is 7.50. The van der Waals surface area contributed by atoms with E-state index in [4.69, 9.17) is 0 Å². The number of alkyl halides is 6. The van der Waals surface area contributed by atoms with Crippen molar-refractivity contribution in [2.75, 3.05) is 4.90 Å². The molecule has 1 saturated heterocycles. The van der Waals surface area contributed by atoms with Crippen LogP contribution in [0.2, 0.25) is 0 Å². The summed E-state index contributed by atoms with van der Waals surface area (Å²) < 4.78 is 81.8. The Kier molecular flexibility index (Phi) is 7.90. The van der Waals surface area contributed by atoms with E-state index in [-0.39, 0.29) is 18.2 Å². The fourth-order valence-corrected chi connectivity index (χ4v) is 4.85. The smallest absolute Gasteiger partial charge is 0.406 e. The Balaban J connectivity index is 1.67. The van der Waals surface area contributed by atoms with Crippen LogP contribution in [0.3, 0.4) is 0 Å². The molecule has 214 valence electrons. The lowest BCUT2D eigenvalue weighted by atomic mass is 9.93. The maximum Gasteiger partial charge on any atom is 0.573 e. The highest BCUT2D eigenvalue weighted by Gasteiger charge is 2.44. The summed E-state index contributed by atoms with van der Waals surface area (Å²) in [4.78, 5) is 18.9. The standard InChI is InChI=1S/C29H29F6N3O2/c1-17(2)18-8-11-21(12-9-18)38-24(19-6-5-7-22(14-19)40-29(33,34)35)15-23(26(38)39)37-27(3,4)20-10-13-25(36-16-20)28(30,31)32/h5-14,16-17,23-24,37H,15H2,1-4H3/t23-,24-/m1/s1. The summed E-state index contributed by atoms with van der Waals surface area (Å²) in [6, 6.07) is 13.6. The first-order chi connectivity index (χ1) is 18.5. The number of benzene rings is 2. The van der Waals surface area contributed by atoms with Crippen LogP contribution in [0.5, 0.6) is 5.75 Å². The van der Waals surface area contributed by atoms with E-state index in [9.17, 15) is 31.1 Å². The molecule has 4 rings (SSSR count). The Hall–Kier alpha value is -3.60. The Morgan fingerprint density at radius 3 is 2.20 bits per heavy atom. The molecule has 3 aromatic rings. The summed E-state index contributed by atoms with van der Waals surface area (Å²) in [6.07, 6.45) is -8.15. The molecular weight excluding hydrogens is 536 g/mol. The summed E-state index contributed by atoms with van der Waals surface area (Å²) in [5.41, 5.74) is 0.520. The van der Waals surface area contributed by atoms with Gasteiger partial charge in [-0.2, -0.15) is 13.2 Å². The lowest BCUT2D eigenvalue weighted by molar-refractivity contribution is -0.274. The Morgan fingerprint density at radius 2 is 1.65 bits per heavy atom. The quantitative estimate of drug-likeness (QED) is 0.302. The van der Waals surface area contributed by atoms with Gasteiger partial charge in [0.05, 0.1) is 12.1 Å². The second kappa shape index (κ2) is 10.8. The van der Waals surface area contributed by atoms with Crippen molar-refractivity contribution in [1.29, 1.82) is 0 Å². The van der Waals surface area contributed by atoms with Crippen molar-refractivity contribution in [2.24, 2.45) is 0 Å². The number of pyridine rings is 1. The molecule has 1 aliphatic rings. The largest absolute Gasteiger partial charge is 0.573 e. The van der Waals surface area contributed by atoms with Crippen molar-refractivity contribution in [3.8, 4) is 5.75 Å². The highest BCUT2D eigenvalue weighted by Crippen LogP contribution is 2.40. The Labute approximate surface area is 228 Å². The average Bonchev–Trinajstić information content (AvgIpc) is 3.18. The highest BCUT2D eigenvalue weighted by molar-refractivity contribution is 6.00. The molecule has 2 aromatic carbocycles. The van der Waals surface area contributed by atoms with E-state index in [2.05, 4.69) is 15.0 Å². The van der Waals surface area contributed by atoms with Crippen molar-refractivity contribution in [3.05, 3.63) is 89.2 Å². The van der Waals surface area contributed by atoms with E-state index >= 15 is 0 Å². The van der Waals surface area contributed by atoms with E-state index in [1.165, 1.54) is 29.2 Å². The summed E-state index contributed by atoms with van der Waals surface area (Å²) in [7, 11) is 0. The lowest BCUT2D eigenvalue weighted by Crippen LogP contribution is -2.47. The van der Waals surface area contributed by atoms with Crippen molar-refractivity contribution in [3.63, 3.8) is 0 Å². The predicted octanol–water partition coefficient (Wildman–Crippen LogP) is 7.49. The van der Waals surface area contributed by atoms with Crippen LogP contribution in [0.15, 0.2) is 66.9 Å². The zero-order chi connectivity index (χ0) is 29.5. The van der Waals surface area contributed by atoms with Gasteiger partial charge in [0.15, 0.2) is 0 Å². The van der Waals surface area contributed by atoms with Crippen LogP contribution in [0.4, 0.5) is 32.0 Å². The van der Waals surface area contributed by atoms with Gasteiger partial charge < -0.3 is 9.64 Å². The molecule has 5 nitrogen and oxygen atoms in total. The zero-order valence-electron chi connectivity index (χ0n) is 22.3. The second-order valence-electron chi connectivity index (χ2n) is 10.6. The van der Waals surface area contributed by atoms with Crippen LogP contribution < -0.4 is 15.0 Å². The number of nitrogens with zero attached hydrogens (tertiary/aromatic N) is 2. The molecule has 40 heavy (non-hydrogen) atoms. The molecule has 0 saturated carbocycles. The van der Waals surface area contributed by atoms with Gasteiger partial charge in [-0.15, -0.1) is 13.2 Å². The number of aromatic nitrogens is 1. The van der Waals surface area contributed by atoms with Crippen molar-refractivity contribution in [2.45, 2.75) is 70.2 Å². The third kappa shape index (κ3) is 6.57. The number of hydrogen-bond donors (Lipinski definition) is 1. The van der Waals surface area contributed by atoms with E-state index in [0.717, 1.165) is 17.8 Å². The van der Waals surface area contributed by atoms with Crippen molar-refractivity contribution in [1.82, 2.24) is 10.3 Å². The first kappa shape index (κ1) is 29.4. The van der Waals surface area contributed by atoms with E-state index in [0.29, 0.717) is 16.8 Å². The fourth-order valence-electron chi connectivity index (χ4n) is 4.85. The van der Waals surface area contributed by atoms with Gasteiger partial charge in [0, 0.05) is 17.4 Å². The molecule has 2 heterocycles. The molecule has 11 heteroatoms. The van der Waals surface area contributed by atoms with Gasteiger partial charge in [0.25, 0.3) is 0 Å². The number of rotatable bonds is 7. The van der Waals surface area contributed by atoms with Crippen LogP contribution >= 0.6 is 0 Å². The Morgan fingerprint density at radius 1 is 0.975 bits per heavy atom. The topological polar surface area (TPSA) is 54.5 Å². The van der Waals surface area contributed by atoms with Crippen molar-refractivity contribution >= 4 is 11.6 Å². The zero-order valence-corrected chi connectivity index (χ0v) is 22.3. The van der Waals surface area contributed by atoms with Crippen LogP contribution in [-0.2, 0) is 16.5 Å². The summed E-state index contributed by atoms with van der Waals surface area (Å²) in [5, 5.41) is 3.24. The molecule has 1 fully saturated rings. The first-order valence-electron chi connectivity index (χ1n) is 12.7. The summed E-state index contributed by atoms with van der Waals surface area (Å²) >= 11 is 0. The minimum Gasteiger partial charge on any atom is -0.406 e. The molecule has 1 aromatic heterocycles. The lowest BCUT2D eigenvalue weighted by Gasteiger charge is -2.30. The van der Waals surface area contributed by atoms with Crippen molar-refractivity contribution < 1.29 is 35.9 Å².